The molecule has 0 aliphatic rings. The lowest BCUT2D eigenvalue weighted by molar-refractivity contribution is 0.208. The zero-order valence-corrected chi connectivity index (χ0v) is 12.9. The van der Waals surface area contributed by atoms with Gasteiger partial charge in [-0.3, -0.25) is 0 Å². The Morgan fingerprint density at radius 1 is 0.842 bits per heavy atom. The van der Waals surface area contributed by atoms with Gasteiger partial charge in [-0.2, -0.15) is 0 Å². The maximum atomic E-state index is 9.66. The Bertz CT molecular complexity index is 250. The molecule has 1 nitrogen and oxygen atoms in total. The Hall–Kier alpha value is -0.820. The number of hydrogen-bond donors (Lipinski definition) is 1. The zero-order chi connectivity index (χ0) is 14.2. The molecule has 0 heterocycles. The minimum atomic E-state index is -0.277. The van der Waals surface area contributed by atoms with Crippen LogP contribution in [0.3, 0.4) is 0 Å². The molecule has 0 fully saturated rings. The Balaban J connectivity index is 3.50. The molecule has 1 N–H and O–H groups in total. The van der Waals surface area contributed by atoms with E-state index in [9.17, 15) is 5.11 Å². The van der Waals surface area contributed by atoms with E-state index in [4.69, 9.17) is 0 Å². The number of aliphatic hydroxyl groups is 1. The summed E-state index contributed by atoms with van der Waals surface area (Å²) in [6.07, 6.45) is 22.8. The number of hydrogen-bond acceptors (Lipinski definition) is 1. The van der Waals surface area contributed by atoms with E-state index in [0.717, 1.165) is 19.3 Å². The summed E-state index contributed by atoms with van der Waals surface area (Å²) < 4.78 is 0. The molecule has 0 saturated heterocycles. The lowest BCUT2D eigenvalue weighted by Gasteiger charge is -2.02. The van der Waals surface area contributed by atoms with Crippen LogP contribution in [0.4, 0.5) is 0 Å². The highest BCUT2D eigenvalue weighted by Crippen LogP contribution is 2.04. The Labute approximate surface area is 120 Å². The van der Waals surface area contributed by atoms with Crippen molar-refractivity contribution in [2.45, 2.75) is 77.7 Å². The highest BCUT2D eigenvalue weighted by molar-refractivity contribution is 5.06. The fraction of sp³-hybridized carbons (Fsp3) is 0.667. The van der Waals surface area contributed by atoms with E-state index in [1.807, 2.05) is 18.2 Å². The van der Waals surface area contributed by atoms with Gasteiger partial charge in [-0.15, -0.1) is 0 Å². The fourth-order valence-corrected chi connectivity index (χ4v) is 1.85. The smallest absolute Gasteiger partial charge is 0.0723 e. The first-order valence-electron chi connectivity index (χ1n) is 7.97. The van der Waals surface area contributed by atoms with Gasteiger partial charge in [0.1, 0.15) is 0 Å². The third-order valence-electron chi connectivity index (χ3n) is 3.10. The number of aliphatic hydroxyl groups excluding tert-OH is 1. The van der Waals surface area contributed by atoms with E-state index in [1.54, 1.807) is 0 Å². The van der Waals surface area contributed by atoms with Crippen LogP contribution < -0.4 is 0 Å². The number of unbranched alkanes of at least 4 members (excludes halogenated alkanes) is 5. The summed E-state index contributed by atoms with van der Waals surface area (Å²) in [5, 5.41) is 9.66. The maximum Gasteiger partial charge on any atom is 0.0723 e. The van der Waals surface area contributed by atoms with Crippen LogP contribution in [0, 0.1) is 0 Å². The number of allylic oxidation sites excluding steroid dienone is 5. The quantitative estimate of drug-likeness (QED) is 0.278. The van der Waals surface area contributed by atoms with Crippen LogP contribution in [0.5, 0.6) is 0 Å². The molecule has 0 aromatic carbocycles. The zero-order valence-electron chi connectivity index (χ0n) is 12.9. The highest BCUT2D eigenvalue weighted by Gasteiger charge is 1.96. The summed E-state index contributed by atoms with van der Waals surface area (Å²) in [6.45, 7) is 4.41. The molecule has 0 aromatic heterocycles. The van der Waals surface area contributed by atoms with Gasteiger partial charge in [-0.05, 0) is 25.7 Å². The monoisotopic (exact) mass is 264 g/mol. The highest BCUT2D eigenvalue weighted by atomic mass is 16.3. The van der Waals surface area contributed by atoms with Crippen LogP contribution >= 0.6 is 0 Å². The molecule has 1 unspecified atom stereocenters. The van der Waals surface area contributed by atoms with E-state index in [0.29, 0.717) is 0 Å². The molecule has 0 bridgehead atoms. The second kappa shape index (κ2) is 15.2. The van der Waals surface area contributed by atoms with Gasteiger partial charge in [0, 0.05) is 0 Å². The van der Waals surface area contributed by atoms with Crippen LogP contribution in [0.25, 0.3) is 0 Å². The van der Waals surface area contributed by atoms with Crippen LogP contribution in [-0.2, 0) is 0 Å². The van der Waals surface area contributed by atoms with Crippen molar-refractivity contribution in [3.63, 3.8) is 0 Å². The predicted octanol–water partition coefficient (Wildman–Crippen LogP) is 5.57. The summed E-state index contributed by atoms with van der Waals surface area (Å²) in [5.41, 5.74) is 0. The van der Waals surface area contributed by atoms with Crippen LogP contribution in [0.2, 0.25) is 0 Å². The van der Waals surface area contributed by atoms with Crippen molar-refractivity contribution in [2.24, 2.45) is 0 Å². The summed E-state index contributed by atoms with van der Waals surface area (Å²) >= 11 is 0. The molecule has 0 radical (unpaired) electrons. The third-order valence-corrected chi connectivity index (χ3v) is 3.10. The normalized spacial score (nSPS) is 14.1. The van der Waals surface area contributed by atoms with Gasteiger partial charge in [-0.25, -0.2) is 0 Å². The van der Waals surface area contributed by atoms with Gasteiger partial charge < -0.3 is 5.11 Å². The number of rotatable bonds is 12. The maximum absolute atomic E-state index is 9.66. The Kier molecular flexibility index (Phi) is 14.6. The molecule has 0 amide bonds. The molecule has 0 spiro atoms. The largest absolute Gasteiger partial charge is 0.389 e. The van der Waals surface area contributed by atoms with E-state index in [-0.39, 0.29) is 6.10 Å². The Morgan fingerprint density at radius 3 is 2.32 bits per heavy atom. The van der Waals surface area contributed by atoms with Gasteiger partial charge in [0.25, 0.3) is 0 Å². The second-order valence-electron chi connectivity index (χ2n) is 5.08. The van der Waals surface area contributed by atoms with E-state index in [1.165, 1.54) is 38.5 Å². The van der Waals surface area contributed by atoms with Gasteiger partial charge in [-0.1, -0.05) is 82.4 Å². The van der Waals surface area contributed by atoms with Crippen molar-refractivity contribution in [3.05, 3.63) is 36.5 Å². The van der Waals surface area contributed by atoms with Gasteiger partial charge in [0.15, 0.2) is 0 Å². The van der Waals surface area contributed by atoms with Crippen molar-refractivity contribution in [2.75, 3.05) is 0 Å². The summed E-state index contributed by atoms with van der Waals surface area (Å²) in [5.74, 6) is 0. The molecule has 0 aliphatic carbocycles. The van der Waals surface area contributed by atoms with Crippen LogP contribution in [-0.4, -0.2) is 11.2 Å². The minimum Gasteiger partial charge on any atom is -0.389 e. The van der Waals surface area contributed by atoms with E-state index >= 15 is 0 Å². The molecule has 0 saturated carbocycles. The molecule has 1 heteroatoms. The minimum absolute atomic E-state index is 0.277. The molecule has 110 valence electrons. The van der Waals surface area contributed by atoms with Crippen LogP contribution in [0.1, 0.15) is 71.6 Å². The SMILES string of the molecule is CCCCC/C=C\C/C=C\C=C/C(O)CCCCC. The standard InChI is InChI=1S/C18H32O/c1-3-5-7-8-9-10-11-12-13-15-17-18(19)16-14-6-4-2/h9-10,12-13,15,17-19H,3-8,11,14,16H2,1-2H3/b10-9-,13-12-,17-15-. The third kappa shape index (κ3) is 15.1. The Morgan fingerprint density at radius 2 is 1.58 bits per heavy atom. The summed E-state index contributed by atoms with van der Waals surface area (Å²) in [4.78, 5) is 0. The van der Waals surface area contributed by atoms with Gasteiger partial charge >= 0.3 is 0 Å². The topological polar surface area (TPSA) is 20.2 Å². The molecular weight excluding hydrogens is 232 g/mol. The first-order valence-corrected chi connectivity index (χ1v) is 7.97. The predicted molar refractivity (Wildman–Crippen MR) is 86.3 cm³/mol. The summed E-state index contributed by atoms with van der Waals surface area (Å²) in [6, 6.07) is 0. The molecule has 19 heavy (non-hydrogen) atoms. The lowest BCUT2D eigenvalue weighted by atomic mass is 10.1. The van der Waals surface area contributed by atoms with Crippen molar-refractivity contribution in [1.29, 1.82) is 0 Å². The van der Waals surface area contributed by atoms with Crippen molar-refractivity contribution < 1.29 is 5.11 Å². The van der Waals surface area contributed by atoms with E-state index in [2.05, 4.69) is 32.1 Å². The second-order valence-corrected chi connectivity index (χ2v) is 5.08. The lowest BCUT2D eigenvalue weighted by Crippen LogP contribution is -2.00. The van der Waals surface area contributed by atoms with Crippen molar-refractivity contribution in [3.8, 4) is 0 Å². The molecule has 0 aromatic rings. The first kappa shape index (κ1) is 18.2. The fourth-order valence-electron chi connectivity index (χ4n) is 1.85. The van der Waals surface area contributed by atoms with E-state index < -0.39 is 0 Å². The average Bonchev–Trinajstić information content (AvgIpc) is 2.41. The molecule has 0 aliphatic heterocycles. The van der Waals surface area contributed by atoms with Crippen LogP contribution in [0.15, 0.2) is 36.5 Å². The van der Waals surface area contributed by atoms with Crippen molar-refractivity contribution in [1.82, 2.24) is 0 Å². The first-order chi connectivity index (χ1) is 9.31. The van der Waals surface area contributed by atoms with Gasteiger partial charge in [0.2, 0.25) is 0 Å². The average molecular weight is 264 g/mol. The van der Waals surface area contributed by atoms with Gasteiger partial charge in [0.05, 0.1) is 6.10 Å². The van der Waals surface area contributed by atoms with Crippen molar-refractivity contribution >= 4 is 0 Å². The molecule has 0 rings (SSSR count). The molecule has 1 atom stereocenters. The molecular formula is C18H32O. The summed E-state index contributed by atoms with van der Waals surface area (Å²) in [7, 11) is 0.